The average molecular weight is 741 g/mol. The number of carboxylic acid groups (broad SMARTS) is 1. The molecule has 0 bridgehead atoms. The van der Waals surface area contributed by atoms with Crippen LogP contribution in [0.1, 0.15) is 86.4 Å². The molecule has 0 saturated carbocycles. The van der Waals surface area contributed by atoms with Crippen molar-refractivity contribution in [2.24, 2.45) is 0 Å². The molecule has 16 heteroatoms. The summed E-state index contributed by atoms with van der Waals surface area (Å²) in [6.45, 7) is 6.54. The summed E-state index contributed by atoms with van der Waals surface area (Å²) in [4.78, 5) is 57.9. The van der Waals surface area contributed by atoms with E-state index in [1.54, 1.807) is 25.7 Å². The second-order valence-electron chi connectivity index (χ2n) is 14.5. The molecule has 16 nitrogen and oxygen atoms in total. The standard InChI is InChI=1S/C37H48N4O12/c1-37(2,3)53-36(48)41-26-20-30(28(50-5)18-22(26)32(43)39-14-10-12-24(39)34(41)45)52-16-8-6-7-15-51-29-19-25-21(17-27(29)49-4)31(42)38-13-9-11-23(38)33(44)40(25)35(46)47/h17-20,23-24,33-34,44-45H,6-16H2,1-5H3,(H,46,47)/t23-,24-,33-,34-/m0/s1. The van der Waals surface area contributed by atoms with Crippen molar-refractivity contribution < 1.29 is 58.2 Å². The lowest BCUT2D eigenvalue weighted by atomic mass is 10.1. The first-order chi connectivity index (χ1) is 25.2. The predicted octanol–water partition coefficient (Wildman–Crippen LogP) is 4.43. The smallest absolute Gasteiger partial charge is 0.417 e. The second-order valence-corrected chi connectivity index (χ2v) is 14.5. The molecule has 0 aromatic heterocycles. The molecule has 4 aliphatic heterocycles. The number of ether oxygens (including phenoxy) is 5. The molecule has 3 N–H and O–H groups in total. The zero-order valence-corrected chi connectivity index (χ0v) is 30.7. The van der Waals surface area contributed by atoms with Crippen LogP contribution in [0.4, 0.5) is 21.0 Å². The Morgan fingerprint density at radius 1 is 0.717 bits per heavy atom. The summed E-state index contributed by atoms with van der Waals surface area (Å²) >= 11 is 0. The van der Waals surface area contributed by atoms with Crippen LogP contribution < -0.4 is 28.7 Å². The first-order valence-corrected chi connectivity index (χ1v) is 18.0. The van der Waals surface area contributed by atoms with Gasteiger partial charge >= 0.3 is 12.2 Å². The van der Waals surface area contributed by atoms with E-state index in [1.165, 1.54) is 43.4 Å². The Kier molecular flexibility index (Phi) is 10.8. The topological polar surface area (TPSA) is 188 Å². The van der Waals surface area contributed by atoms with E-state index in [9.17, 15) is 34.5 Å². The van der Waals surface area contributed by atoms with Crippen LogP contribution in [-0.4, -0.2) is 120 Å². The van der Waals surface area contributed by atoms with E-state index in [0.29, 0.717) is 63.8 Å². The Morgan fingerprint density at radius 2 is 1.17 bits per heavy atom. The molecule has 6 rings (SSSR count). The minimum atomic E-state index is -1.43. The maximum absolute atomic E-state index is 13.7. The van der Waals surface area contributed by atoms with Gasteiger partial charge in [0.2, 0.25) is 0 Å². The molecule has 4 aliphatic rings. The van der Waals surface area contributed by atoms with Crippen LogP contribution in [0.15, 0.2) is 24.3 Å². The van der Waals surface area contributed by atoms with Crippen molar-refractivity contribution >= 4 is 35.4 Å². The van der Waals surface area contributed by atoms with Gasteiger partial charge in [-0.1, -0.05) is 0 Å². The summed E-state index contributed by atoms with van der Waals surface area (Å²) in [7, 11) is 2.89. The van der Waals surface area contributed by atoms with Gasteiger partial charge in [-0.15, -0.1) is 0 Å². The number of nitrogens with zero attached hydrogens (tertiary/aromatic N) is 4. The van der Waals surface area contributed by atoms with Crippen molar-refractivity contribution in [2.75, 3.05) is 50.3 Å². The lowest BCUT2D eigenvalue weighted by molar-refractivity contribution is 0.0310. The largest absolute Gasteiger partial charge is 0.493 e. The first-order valence-electron chi connectivity index (χ1n) is 18.0. The van der Waals surface area contributed by atoms with Crippen molar-refractivity contribution in [3.05, 3.63) is 35.4 Å². The number of aliphatic hydroxyl groups excluding tert-OH is 2. The summed E-state index contributed by atoms with van der Waals surface area (Å²) in [5.41, 5.74) is -0.344. The van der Waals surface area contributed by atoms with Gasteiger partial charge < -0.3 is 48.8 Å². The zero-order valence-electron chi connectivity index (χ0n) is 30.7. The Labute approximate surface area is 307 Å². The molecule has 2 aromatic rings. The van der Waals surface area contributed by atoms with Crippen LogP contribution in [0.3, 0.4) is 0 Å². The molecule has 53 heavy (non-hydrogen) atoms. The van der Waals surface area contributed by atoms with Gasteiger partial charge in [-0.25, -0.2) is 19.4 Å². The second kappa shape index (κ2) is 15.2. The highest BCUT2D eigenvalue weighted by Gasteiger charge is 2.47. The third kappa shape index (κ3) is 7.34. The van der Waals surface area contributed by atoms with Gasteiger partial charge in [-0.05, 0) is 77.8 Å². The van der Waals surface area contributed by atoms with Crippen LogP contribution in [0.5, 0.6) is 23.0 Å². The Bertz CT molecular complexity index is 1740. The molecule has 4 heterocycles. The molecule has 2 aromatic carbocycles. The van der Waals surface area contributed by atoms with E-state index in [4.69, 9.17) is 23.7 Å². The summed E-state index contributed by atoms with van der Waals surface area (Å²) in [6, 6.07) is 4.70. The fraction of sp³-hybridized carbons (Fsp3) is 0.568. The lowest BCUT2D eigenvalue weighted by Gasteiger charge is -2.33. The minimum absolute atomic E-state index is 0.0307. The predicted molar refractivity (Wildman–Crippen MR) is 190 cm³/mol. The van der Waals surface area contributed by atoms with Gasteiger partial charge in [0.15, 0.2) is 35.5 Å². The normalized spacial score (nSPS) is 22.3. The zero-order chi connectivity index (χ0) is 38.2. The van der Waals surface area contributed by atoms with Gasteiger partial charge in [0.1, 0.15) is 5.60 Å². The quantitative estimate of drug-likeness (QED) is 0.291. The monoisotopic (exact) mass is 740 g/mol. The van der Waals surface area contributed by atoms with Crippen LogP contribution in [0, 0.1) is 0 Å². The van der Waals surface area contributed by atoms with Gasteiger partial charge in [0, 0.05) is 25.2 Å². The van der Waals surface area contributed by atoms with Crippen molar-refractivity contribution in [2.45, 2.75) is 95.9 Å². The molecule has 0 radical (unpaired) electrons. The molecule has 0 spiro atoms. The number of unbranched alkanes of at least 4 members (excludes halogenated alkanes) is 2. The van der Waals surface area contributed by atoms with Gasteiger partial charge in [-0.3, -0.25) is 9.59 Å². The molecule has 0 aliphatic carbocycles. The highest BCUT2D eigenvalue weighted by atomic mass is 16.6. The summed E-state index contributed by atoms with van der Waals surface area (Å²) in [5, 5.41) is 32.4. The molecule has 2 saturated heterocycles. The van der Waals surface area contributed by atoms with E-state index in [-0.39, 0.29) is 64.8 Å². The first kappa shape index (κ1) is 37.8. The van der Waals surface area contributed by atoms with Crippen LogP contribution in [-0.2, 0) is 4.74 Å². The average Bonchev–Trinajstić information content (AvgIpc) is 3.78. The van der Waals surface area contributed by atoms with Crippen LogP contribution in [0.2, 0.25) is 0 Å². The van der Waals surface area contributed by atoms with Crippen molar-refractivity contribution in [3.8, 4) is 23.0 Å². The van der Waals surface area contributed by atoms with Crippen LogP contribution >= 0.6 is 0 Å². The molecule has 2 fully saturated rings. The third-order valence-electron chi connectivity index (χ3n) is 9.98. The number of benzene rings is 2. The fourth-order valence-electron chi connectivity index (χ4n) is 7.51. The Balaban J connectivity index is 1.12. The van der Waals surface area contributed by atoms with Gasteiger partial charge in [0.25, 0.3) is 11.8 Å². The number of aliphatic hydroxyl groups is 2. The summed E-state index contributed by atoms with van der Waals surface area (Å²) in [6.07, 6.45) is -0.716. The lowest BCUT2D eigenvalue weighted by Crippen LogP contribution is -2.51. The minimum Gasteiger partial charge on any atom is -0.493 e. The van der Waals surface area contributed by atoms with E-state index < -0.39 is 42.3 Å². The van der Waals surface area contributed by atoms with Crippen molar-refractivity contribution in [1.29, 1.82) is 0 Å². The molecule has 4 atom stereocenters. The number of amides is 4. The maximum Gasteiger partial charge on any atom is 0.417 e. The highest BCUT2D eigenvalue weighted by Crippen LogP contribution is 2.43. The molecular weight excluding hydrogens is 692 g/mol. The van der Waals surface area contributed by atoms with E-state index >= 15 is 0 Å². The van der Waals surface area contributed by atoms with Gasteiger partial charge in [-0.2, -0.15) is 0 Å². The molecule has 0 unspecified atom stereocenters. The number of methoxy groups -OCH3 is 2. The summed E-state index contributed by atoms with van der Waals surface area (Å²) < 4.78 is 28.8. The third-order valence-corrected chi connectivity index (χ3v) is 9.98. The van der Waals surface area contributed by atoms with Crippen molar-refractivity contribution in [3.63, 3.8) is 0 Å². The van der Waals surface area contributed by atoms with Crippen LogP contribution in [0.25, 0.3) is 0 Å². The van der Waals surface area contributed by atoms with Crippen molar-refractivity contribution in [1.82, 2.24) is 9.80 Å². The number of carbonyl (C=O) groups excluding carboxylic acids is 3. The number of fused-ring (bicyclic) bond motifs is 4. The Hall–Kier alpha value is -4.96. The number of carbonyl (C=O) groups is 4. The number of hydrogen-bond acceptors (Lipinski definition) is 11. The molecule has 288 valence electrons. The number of rotatable bonds is 10. The summed E-state index contributed by atoms with van der Waals surface area (Å²) in [5.74, 6) is 0.388. The fourth-order valence-corrected chi connectivity index (χ4v) is 7.51. The Morgan fingerprint density at radius 3 is 1.60 bits per heavy atom. The maximum atomic E-state index is 13.7. The highest BCUT2D eigenvalue weighted by molar-refractivity contribution is 6.07. The van der Waals surface area contributed by atoms with E-state index in [1.807, 2.05) is 0 Å². The van der Waals surface area contributed by atoms with Gasteiger partial charge in [0.05, 0.1) is 62.0 Å². The van der Waals surface area contributed by atoms with E-state index in [0.717, 1.165) is 9.80 Å². The molecule has 4 amide bonds. The number of hydrogen-bond donors (Lipinski definition) is 3. The molecular formula is C37H48N4O12. The number of anilines is 2. The van der Waals surface area contributed by atoms with E-state index in [2.05, 4.69) is 0 Å². The SMILES string of the molecule is COc1cc2c(cc1OCCCCCOc1cc3c(cc1OC)C(=O)N1CCC[C@H]1[C@H](O)N3C(=O)OC(C)(C)C)N(C(=O)O)[C@@H](O)[C@@H]1CCCN1C2=O.